The summed E-state index contributed by atoms with van der Waals surface area (Å²) in [5, 5.41) is 2.79. The number of amides is 1. The lowest BCUT2D eigenvalue weighted by Gasteiger charge is -2.21. The van der Waals surface area contributed by atoms with E-state index in [1.807, 2.05) is 6.07 Å². The second kappa shape index (κ2) is 7.18. The molecule has 1 unspecified atom stereocenters. The molecule has 1 heterocycles. The van der Waals surface area contributed by atoms with Crippen molar-refractivity contribution in [1.29, 1.82) is 0 Å². The van der Waals surface area contributed by atoms with E-state index in [1.165, 1.54) is 11.4 Å². The molecule has 1 aromatic carbocycles. The summed E-state index contributed by atoms with van der Waals surface area (Å²) in [5.74, 6) is 0.845. The van der Waals surface area contributed by atoms with E-state index in [4.69, 9.17) is 9.47 Å². The van der Waals surface area contributed by atoms with Crippen molar-refractivity contribution in [3.63, 3.8) is 0 Å². The number of para-hydroxylation sites is 1. The number of nitrogens with zero attached hydrogens (tertiary/aromatic N) is 1. The van der Waals surface area contributed by atoms with Crippen LogP contribution in [-0.2, 0) is 21.4 Å². The van der Waals surface area contributed by atoms with Crippen LogP contribution in [0.2, 0.25) is 0 Å². The highest BCUT2D eigenvalue weighted by Crippen LogP contribution is 2.30. The molecule has 1 aliphatic rings. The normalized spacial score (nSPS) is 18.7. The third kappa shape index (κ3) is 3.94. The first-order valence-electron chi connectivity index (χ1n) is 7.33. The molecule has 1 N–H and O–H groups in total. The first-order valence-corrected chi connectivity index (χ1v) is 9.17. The fraction of sp³-hybridized carbons (Fsp3) is 0.533. The van der Waals surface area contributed by atoms with Gasteiger partial charge in [0.2, 0.25) is 15.9 Å². The van der Waals surface area contributed by atoms with E-state index in [-0.39, 0.29) is 12.5 Å². The molecular weight excluding hydrogens is 320 g/mol. The Kier molecular flexibility index (Phi) is 5.48. The number of ether oxygens (including phenoxy) is 2. The molecule has 0 aliphatic carbocycles. The van der Waals surface area contributed by atoms with Crippen LogP contribution in [0.4, 0.5) is 0 Å². The Morgan fingerprint density at radius 3 is 2.70 bits per heavy atom. The highest BCUT2D eigenvalue weighted by atomic mass is 32.2. The van der Waals surface area contributed by atoms with Gasteiger partial charge in [0.25, 0.3) is 0 Å². The molecule has 0 aromatic heterocycles. The van der Waals surface area contributed by atoms with Crippen molar-refractivity contribution in [2.24, 2.45) is 0 Å². The van der Waals surface area contributed by atoms with Crippen LogP contribution in [-0.4, -0.2) is 51.7 Å². The van der Waals surface area contributed by atoms with E-state index in [0.717, 1.165) is 11.8 Å². The number of hydrogen-bond donors (Lipinski definition) is 1. The molecule has 2 rings (SSSR count). The summed E-state index contributed by atoms with van der Waals surface area (Å²) in [6.07, 6.45) is 2.35. The van der Waals surface area contributed by atoms with Crippen LogP contribution >= 0.6 is 0 Å². The van der Waals surface area contributed by atoms with E-state index < -0.39 is 16.1 Å². The minimum absolute atomic E-state index is 0.243. The summed E-state index contributed by atoms with van der Waals surface area (Å²) in [6, 6.07) is 4.76. The zero-order valence-electron chi connectivity index (χ0n) is 13.5. The zero-order chi connectivity index (χ0) is 17.0. The molecule has 1 aliphatic heterocycles. The van der Waals surface area contributed by atoms with E-state index >= 15 is 0 Å². The van der Waals surface area contributed by atoms with Gasteiger partial charge >= 0.3 is 0 Å². The second-order valence-corrected chi connectivity index (χ2v) is 7.34. The van der Waals surface area contributed by atoms with Gasteiger partial charge in [0.05, 0.1) is 20.5 Å². The van der Waals surface area contributed by atoms with Crippen molar-refractivity contribution >= 4 is 15.9 Å². The highest BCUT2D eigenvalue weighted by molar-refractivity contribution is 7.88. The average Bonchev–Trinajstić information content (AvgIpc) is 3.01. The van der Waals surface area contributed by atoms with Crippen LogP contribution in [0.15, 0.2) is 18.2 Å². The first-order chi connectivity index (χ1) is 10.9. The number of hydrogen-bond acceptors (Lipinski definition) is 5. The summed E-state index contributed by atoms with van der Waals surface area (Å²) in [6.45, 7) is 0.632. The van der Waals surface area contributed by atoms with Crippen molar-refractivity contribution in [2.45, 2.75) is 25.4 Å². The molecule has 1 atom stereocenters. The lowest BCUT2D eigenvalue weighted by atomic mass is 10.1. The number of carbonyl (C=O) groups excluding carboxylic acids is 1. The minimum Gasteiger partial charge on any atom is -0.493 e. The largest absolute Gasteiger partial charge is 0.493 e. The van der Waals surface area contributed by atoms with Crippen molar-refractivity contribution in [1.82, 2.24) is 9.62 Å². The van der Waals surface area contributed by atoms with Crippen LogP contribution in [0.1, 0.15) is 18.4 Å². The number of nitrogens with one attached hydrogen (secondary N) is 1. The highest BCUT2D eigenvalue weighted by Gasteiger charge is 2.36. The molecule has 0 bridgehead atoms. The van der Waals surface area contributed by atoms with Crippen molar-refractivity contribution in [3.05, 3.63) is 23.8 Å². The number of benzene rings is 1. The van der Waals surface area contributed by atoms with Gasteiger partial charge in [-0.15, -0.1) is 0 Å². The molecule has 0 spiro atoms. The van der Waals surface area contributed by atoms with Crippen LogP contribution in [0, 0.1) is 0 Å². The van der Waals surface area contributed by atoms with Gasteiger partial charge in [-0.1, -0.05) is 12.1 Å². The molecule has 7 nitrogen and oxygen atoms in total. The van der Waals surface area contributed by atoms with Gasteiger partial charge in [-0.05, 0) is 18.9 Å². The molecule has 1 amide bonds. The molecule has 1 saturated heterocycles. The molecule has 1 fully saturated rings. The molecular formula is C15H22N2O5S. The first kappa shape index (κ1) is 17.6. The SMILES string of the molecule is COc1cccc(CNC(=O)C2CCCN2S(C)(=O)=O)c1OC. The Morgan fingerprint density at radius 1 is 1.35 bits per heavy atom. The third-order valence-electron chi connectivity index (χ3n) is 3.87. The van der Waals surface area contributed by atoms with E-state index in [2.05, 4.69) is 5.32 Å². The van der Waals surface area contributed by atoms with Gasteiger partial charge < -0.3 is 14.8 Å². The lowest BCUT2D eigenvalue weighted by molar-refractivity contribution is -0.124. The number of sulfonamides is 1. The second-order valence-electron chi connectivity index (χ2n) is 5.40. The van der Waals surface area contributed by atoms with Gasteiger partial charge in [-0.25, -0.2) is 8.42 Å². The Hall–Kier alpha value is -1.80. The van der Waals surface area contributed by atoms with Crippen LogP contribution in [0.3, 0.4) is 0 Å². The van der Waals surface area contributed by atoms with Crippen molar-refractivity contribution < 1.29 is 22.7 Å². The number of methoxy groups -OCH3 is 2. The molecule has 0 radical (unpaired) electrons. The standard InChI is InChI=1S/C15H22N2O5S/c1-21-13-8-4-6-11(14(13)22-2)10-16-15(18)12-7-5-9-17(12)23(3,19)20/h4,6,8,12H,5,7,9-10H2,1-3H3,(H,16,18). The Bertz CT molecular complexity index is 674. The monoisotopic (exact) mass is 342 g/mol. The summed E-state index contributed by atoms with van der Waals surface area (Å²) in [7, 11) is -0.298. The molecule has 8 heteroatoms. The Morgan fingerprint density at radius 2 is 2.09 bits per heavy atom. The molecule has 23 heavy (non-hydrogen) atoms. The van der Waals surface area contributed by atoms with Crippen LogP contribution < -0.4 is 14.8 Å². The Labute approximate surface area is 136 Å². The molecule has 0 saturated carbocycles. The van der Waals surface area contributed by atoms with Crippen molar-refractivity contribution in [3.8, 4) is 11.5 Å². The fourth-order valence-corrected chi connectivity index (χ4v) is 3.92. The summed E-state index contributed by atoms with van der Waals surface area (Å²) in [4.78, 5) is 12.3. The number of rotatable bonds is 6. The van der Waals surface area contributed by atoms with E-state index in [9.17, 15) is 13.2 Å². The topological polar surface area (TPSA) is 84.9 Å². The fourth-order valence-electron chi connectivity index (χ4n) is 2.79. The quantitative estimate of drug-likeness (QED) is 0.824. The van der Waals surface area contributed by atoms with Gasteiger partial charge in [-0.3, -0.25) is 4.79 Å². The summed E-state index contributed by atoms with van der Waals surface area (Å²) in [5.41, 5.74) is 0.768. The summed E-state index contributed by atoms with van der Waals surface area (Å²) >= 11 is 0. The smallest absolute Gasteiger partial charge is 0.238 e. The minimum atomic E-state index is -3.38. The predicted octanol–water partition coefficient (Wildman–Crippen LogP) is 0.744. The van der Waals surface area contributed by atoms with Gasteiger partial charge in [-0.2, -0.15) is 4.31 Å². The Balaban J connectivity index is 2.08. The average molecular weight is 342 g/mol. The van der Waals surface area contributed by atoms with E-state index in [0.29, 0.717) is 30.9 Å². The summed E-state index contributed by atoms with van der Waals surface area (Å²) < 4.78 is 35.2. The predicted molar refractivity (Wildman–Crippen MR) is 86.0 cm³/mol. The third-order valence-corrected chi connectivity index (χ3v) is 5.16. The molecule has 128 valence electrons. The molecule has 1 aromatic rings. The zero-order valence-corrected chi connectivity index (χ0v) is 14.4. The van der Waals surface area contributed by atoms with Gasteiger partial charge in [0.15, 0.2) is 11.5 Å². The maximum Gasteiger partial charge on any atom is 0.238 e. The van der Waals surface area contributed by atoms with E-state index in [1.54, 1.807) is 19.2 Å². The van der Waals surface area contributed by atoms with Crippen LogP contribution in [0.5, 0.6) is 11.5 Å². The number of carbonyl (C=O) groups is 1. The maximum absolute atomic E-state index is 12.3. The van der Waals surface area contributed by atoms with Crippen LogP contribution in [0.25, 0.3) is 0 Å². The lowest BCUT2D eigenvalue weighted by Crippen LogP contribution is -2.45. The van der Waals surface area contributed by atoms with Gasteiger partial charge in [0, 0.05) is 18.7 Å². The van der Waals surface area contributed by atoms with Crippen molar-refractivity contribution in [2.75, 3.05) is 27.0 Å². The van der Waals surface area contributed by atoms with Gasteiger partial charge in [0.1, 0.15) is 6.04 Å². The maximum atomic E-state index is 12.3.